The van der Waals surface area contributed by atoms with Crippen LogP contribution in [0, 0.1) is 5.92 Å². The number of nitrogens with two attached hydrogens (primary N) is 1. The van der Waals surface area contributed by atoms with Gasteiger partial charge in [0.15, 0.2) is 5.82 Å². The van der Waals surface area contributed by atoms with E-state index in [1.165, 1.54) is 4.88 Å². The number of aromatic nitrogens is 2. The highest BCUT2D eigenvalue weighted by molar-refractivity contribution is 7.98. The molecule has 2 aromatic rings. The number of nitrogens with zero attached hydrogens (tertiary/aromatic N) is 2. The average Bonchev–Trinajstić information content (AvgIpc) is 2.95. The van der Waals surface area contributed by atoms with Gasteiger partial charge < -0.3 is 10.3 Å². The molecule has 104 valence electrons. The number of hydrogen-bond acceptors (Lipinski definition) is 6. The number of hydrogen-bond donors (Lipinski definition) is 1. The van der Waals surface area contributed by atoms with Crippen molar-refractivity contribution < 1.29 is 4.52 Å². The lowest BCUT2D eigenvalue weighted by Gasteiger charge is -2.00. The summed E-state index contributed by atoms with van der Waals surface area (Å²) in [4.78, 5) is 5.65. The summed E-state index contributed by atoms with van der Waals surface area (Å²) in [5.74, 6) is 3.84. The molecular weight excluding hydrogens is 278 g/mol. The van der Waals surface area contributed by atoms with Crippen molar-refractivity contribution in [2.45, 2.75) is 32.9 Å². The molecule has 6 heteroatoms. The molecule has 0 saturated heterocycles. The van der Waals surface area contributed by atoms with Crippen LogP contribution >= 0.6 is 23.1 Å². The molecule has 2 N–H and O–H groups in total. The average molecular weight is 297 g/mol. The topological polar surface area (TPSA) is 64.9 Å². The second-order valence-corrected chi connectivity index (χ2v) is 6.97. The Labute approximate surface area is 121 Å². The van der Waals surface area contributed by atoms with Crippen LogP contribution < -0.4 is 5.73 Å². The van der Waals surface area contributed by atoms with E-state index in [0.29, 0.717) is 11.8 Å². The van der Waals surface area contributed by atoms with Gasteiger partial charge in [-0.25, -0.2) is 0 Å². The molecule has 2 rings (SSSR count). The number of rotatable bonds is 6. The minimum absolute atomic E-state index is 0.536. The third-order valence-electron chi connectivity index (χ3n) is 2.54. The Morgan fingerprint density at radius 2 is 2.26 bits per heavy atom. The second kappa shape index (κ2) is 6.43. The van der Waals surface area contributed by atoms with Crippen LogP contribution in [0.3, 0.4) is 0 Å². The van der Waals surface area contributed by atoms with Crippen LogP contribution in [0.4, 0.5) is 5.00 Å². The summed E-state index contributed by atoms with van der Waals surface area (Å²) in [5, 5.41) is 4.76. The fourth-order valence-electron chi connectivity index (χ4n) is 1.61. The van der Waals surface area contributed by atoms with E-state index in [-0.39, 0.29) is 0 Å². The highest BCUT2D eigenvalue weighted by atomic mass is 32.2. The van der Waals surface area contributed by atoms with Gasteiger partial charge in [0, 0.05) is 4.88 Å². The zero-order valence-corrected chi connectivity index (χ0v) is 13.1. The molecule has 19 heavy (non-hydrogen) atoms. The summed E-state index contributed by atoms with van der Waals surface area (Å²) in [6.45, 7) is 6.51. The van der Waals surface area contributed by atoms with Crippen molar-refractivity contribution in [1.82, 2.24) is 10.1 Å². The van der Waals surface area contributed by atoms with E-state index < -0.39 is 0 Å². The number of thioether (sulfide) groups is 1. The lowest BCUT2D eigenvalue weighted by Crippen LogP contribution is -1.92. The Kier molecular flexibility index (Phi) is 4.87. The molecule has 2 aromatic heterocycles. The molecule has 0 saturated carbocycles. The summed E-state index contributed by atoms with van der Waals surface area (Å²) in [7, 11) is 0. The van der Waals surface area contributed by atoms with E-state index in [0.717, 1.165) is 34.3 Å². The first-order valence-corrected chi connectivity index (χ1v) is 8.36. The summed E-state index contributed by atoms with van der Waals surface area (Å²) >= 11 is 3.41. The van der Waals surface area contributed by atoms with Gasteiger partial charge in [-0.1, -0.05) is 25.9 Å². The molecule has 0 radical (unpaired) electrons. The van der Waals surface area contributed by atoms with Crippen molar-refractivity contribution in [3.8, 4) is 11.5 Å². The lowest BCUT2D eigenvalue weighted by molar-refractivity contribution is 0.425. The molecule has 0 aliphatic rings. The Hall–Kier alpha value is -1.01. The molecule has 2 heterocycles. The van der Waals surface area contributed by atoms with Gasteiger partial charge in [0.2, 0.25) is 0 Å². The van der Waals surface area contributed by atoms with Crippen LogP contribution in [0.25, 0.3) is 11.5 Å². The number of anilines is 1. The van der Waals surface area contributed by atoms with Gasteiger partial charge in [0.1, 0.15) is 0 Å². The number of nitrogen functional groups attached to an aromatic ring is 1. The van der Waals surface area contributed by atoms with Crippen molar-refractivity contribution in [3.63, 3.8) is 0 Å². The first kappa shape index (κ1) is 14.4. The SMILES string of the molecule is CCc1cc(-c2nc(CSCC(C)C)no2)c(N)s1. The predicted molar refractivity (Wildman–Crippen MR) is 82.4 cm³/mol. The maximum Gasteiger partial charge on any atom is 0.260 e. The quantitative estimate of drug-likeness (QED) is 0.877. The Bertz CT molecular complexity index is 534. The molecule has 0 bridgehead atoms. The number of thiophene rings is 1. The Morgan fingerprint density at radius 1 is 1.47 bits per heavy atom. The van der Waals surface area contributed by atoms with Crippen LogP contribution in [-0.2, 0) is 12.2 Å². The van der Waals surface area contributed by atoms with Gasteiger partial charge in [-0.15, -0.1) is 11.3 Å². The Balaban J connectivity index is 2.05. The van der Waals surface area contributed by atoms with Gasteiger partial charge in [-0.05, 0) is 24.2 Å². The summed E-state index contributed by atoms with van der Waals surface area (Å²) in [5.41, 5.74) is 6.85. The number of aryl methyl sites for hydroxylation is 1. The largest absolute Gasteiger partial charge is 0.390 e. The Morgan fingerprint density at radius 3 is 2.89 bits per heavy atom. The third-order valence-corrected chi connectivity index (χ3v) is 5.01. The molecule has 0 spiro atoms. The van der Waals surface area contributed by atoms with Crippen LogP contribution in [0.5, 0.6) is 0 Å². The van der Waals surface area contributed by atoms with Crippen molar-refractivity contribution in [1.29, 1.82) is 0 Å². The van der Waals surface area contributed by atoms with Crippen LogP contribution in [0.15, 0.2) is 10.6 Å². The van der Waals surface area contributed by atoms with Gasteiger partial charge in [0.25, 0.3) is 5.89 Å². The van der Waals surface area contributed by atoms with E-state index in [2.05, 4.69) is 30.9 Å². The van der Waals surface area contributed by atoms with Gasteiger partial charge in [-0.2, -0.15) is 16.7 Å². The zero-order valence-electron chi connectivity index (χ0n) is 11.5. The highest BCUT2D eigenvalue weighted by Crippen LogP contribution is 2.33. The fraction of sp³-hybridized carbons (Fsp3) is 0.538. The summed E-state index contributed by atoms with van der Waals surface area (Å²) in [6, 6.07) is 2.04. The van der Waals surface area contributed by atoms with Crippen molar-refractivity contribution in [2.75, 3.05) is 11.5 Å². The maximum atomic E-state index is 5.98. The van der Waals surface area contributed by atoms with Crippen molar-refractivity contribution >= 4 is 28.1 Å². The summed E-state index contributed by atoms with van der Waals surface area (Å²) < 4.78 is 5.30. The first-order valence-electron chi connectivity index (χ1n) is 6.39. The van der Waals surface area contributed by atoms with Crippen LogP contribution in [0.2, 0.25) is 0 Å². The molecule has 0 aromatic carbocycles. The summed E-state index contributed by atoms with van der Waals surface area (Å²) in [6.07, 6.45) is 0.972. The standard InChI is InChI=1S/C13H19N3OS2/c1-4-9-5-10(12(14)19-9)13-15-11(16-17-13)7-18-6-8(2)3/h5,8H,4,6-7,14H2,1-3H3. The monoisotopic (exact) mass is 297 g/mol. The first-order chi connectivity index (χ1) is 9.10. The molecule has 0 aliphatic heterocycles. The highest BCUT2D eigenvalue weighted by Gasteiger charge is 2.14. The van der Waals surface area contributed by atoms with Gasteiger partial charge >= 0.3 is 0 Å². The van der Waals surface area contributed by atoms with Gasteiger partial charge in [-0.3, -0.25) is 0 Å². The van der Waals surface area contributed by atoms with E-state index in [1.54, 1.807) is 11.3 Å². The van der Waals surface area contributed by atoms with E-state index in [9.17, 15) is 0 Å². The molecule has 0 aliphatic carbocycles. The smallest absolute Gasteiger partial charge is 0.260 e. The van der Waals surface area contributed by atoms with E-state index in [1.807, 2.05) is 17.8 Å². The minimum atomic E-state index is 0.536. The molecule has 4 nitrogen and oxygen atoms in total. The van der Waals surface area contributed by atoms with Crippen LogP contribution in [0.1, 0.15) is 31.5 Å². The van der Waals surface area contributed by atoms with Crippen LogP contribution in [-0.4, -0.2) is 15.9 Å². The maximum absolute atomic E-state index is 5.98. The van der Waals surface area contributed by atoms with E-state index in [4.69, 9.17) is 10.3 Å². The molecule has 0 fully saturated rings. The molecular formula is C13H19N3OS2. The minimum Gasteiger partial charge on any atom is -0.390 e. The molecule has 0 unspecified atom stereocenters. The second-order valence-electron chi connectivity index (χ2n) is 4.77. The predicted octanol–water partition coefficient (Wildman–Crippen LogP) is 3.83. The fourth-order valence-corrected chi connectivity index (χ4v) is 3.36. The normalized spacial score (nSPS) is 11.4. The van der Waals surface area contributed by atoms with E-state index >= 15 is 0 Å². The third kappa shape index (κ3) is 3.73. The van der Waals surface area contributed by atoms with Gasteiger partial charge in [0.05, 0.1) is 16.3 Å². The zero-order chi connectivity index (χ0) is 13.8. The molecule has 0 atom stereocenters. The van der Waals surface area contributed by atoms with Crippen molar-refractivity contribution in [3.05, 3.63) is 16.8 Å². The molecule has 0 amide bonds. The van der Waals surface area contributed by atoms with Crippen molar-refractivity contribution in [2.24, 2.45) is 5.92 Å². The lowest BCUT2D eigenvalue weighted by atomic mass is 10.2.